The molecule has 2 N–H and O–H groups in total. The summed E-state index contributed by atoms with van der Waals surface area (Å²) in [5.41, 5.74) is 13.6. The molecule has 0 radical (unpaired) electrons. The van der Waals surface area contributed by atoms with Crippen LogP contribution in [0.2, 0.25) is 0 Å². The highest BCUT2D eigenvalue weighted by Crippen LogP contribution is 2.39. The number of amides is 1. The number of aromatic nitrogens is 3. The summed E-state index contributed by atoms with van der Waals surface area (Å²) in [5, 5.41) is 2.25. The molecule has 3 aliphatic rings. The molecule has 3 aromatic heterocycles. The predicted molar refractivity (Wildman–Crippen MR) is 193 cm³/mol. The number of hydrogen-bond donors (Lipinski definition) is 1. The van der Waals surface area contributed by atoms with Crippen LogP contribution in [-0.2, 0) is 24.5 Å². The normalized spacial score (nSPS) is 16.3. The zero-order chi connectivity index (χ0) is 33.1. The van der Waals surface area contributed by atoms with E-state index in [1.807, 2.05) is 56.9 Å². The second kappa shape index (κ2) is 14.5. The average molecular weight is 651 g/mol. The number of thiazole rings is 1. The van der Waals surface area contributed by atoms with Crippen LogP contribution in [-0.4, -0.2) is 45.9 Å². The van der Waals surface area contributed by atoms with E-state index >= 15 is 0 Å². The zero-order valence-electron chi connectivity index (χ0n) is 28.3. The van der Waals surface area contributed by atoms with Crippen molar-refractivity contribution in [2.75, 3.05) is 30.8 Å². The monoisotopic (exact) mass is 650 g/mol. The lowest BCUT2D eigenvalue weighted by Gasteiger charge is -2.27. The molecular weight excluding hydrogens is 605 g/mol. The summed E-state index contributed by atoms with van der Waals surface area (Å²) in [6.45, 7) is 11.6. The van der Waals surface area contributed by atoms with Gasteiger partial charge >= 0.3 is 0 Å². The van der Waals surface area contributed by atoms with Crippen LogP contribution in [0.4, 0.5) is 11.5 Å². The number of piperidine rings is 1. The molecule has 8 rings (SSSR count). The number of hydrogen-bond acceptors (Lipinski definition) is 8. The highest BCUT2D eigenvalue weighted by Gasteiger charge is 2.27. The van der Waals surface area contributed by atoms with Crippen molar-refractivity contribution in [1.29, 1.82) is 0 Å². The molecule has 5 heterocycles. The third-order valence-corrected chi connectivity index (χ3v) is 10.4. The van der Waals surface area contributed by atoms with Crippen LogP contribution in [0, 0.1) is 0 Å². The fourth-order valence-corrected chi connectivity index (χ4v) is 7.54. The van der Waals surface area contributed by atoms with Gasteiger partial charge in [-0.2, -0.15) is 0 Å². The number of fused-ring (bicyclic) bond motifs is 4. The summed E-state index contributed by atoms with van der Waals surface area (Å²) in [5.74, 6) is 1.46. The molecule has 47 heavy (non-hydrogen) atoms. The quantitative estimate of drug-likeness (QED) is 0.197. The van der Waals surface area contributed by atoms with Crippen LogP contribution in [0.1, 0.15) is 103 Å². The number of pyridine rings is 2. The topological polar surface area (TPSA) is 97.5 Å². The van der Waals surface area contributed by atoms with Gasteiger partial charge in [-0.05, 0) is 93.3 Å². The fourth-order valence-electron chi connectivity index (χ4n) is 6.42. The van der Waals surface area contributed by atoms with Crippen molar-refractivity contribution in [2.24, 2.45) is 0 Å². The van der Waals surface area contributed by atoms with Gasteiger partial charge < -0.3 is 20.3 Å². The van der Waals surface area contributed by atoms with Crippen LogP contribution in [0.25, 0.3) is 21.1 Å². The Balaban J connectivity index is 0.000000932. The van der Waals surface area contributed by atoms with Crippen molar-refractivity contribution < 1.29 is 9.53 Å². The van der Waals surface area contributed by atoms with Crippen LogP contribution >= 0.6 is 11.3 Å². The average Bonchev–Trinajstić information content (AvgIpc) is 3.68. The lowest BCUT2D eigenvalue weighted by molar-refractivity contribution is 0.0984. The smallest absolute Gasteiger partial charge is 0.260 e. The number of nitrogen functional groups attached to an aromatic ring is 1. The van der Waals surface area contributed by atoms with Gasteiger partial charge in [0, 0.05) is 40.4 Å². The van der Waals surface area contributed by atoms with E-state index < -0.39 is 0 Å². The van der Waals surface area contributed by atoms with Gasteiger partial charge in [-0.25, -0.2) is 9.97 Å². The molecule has 5 aromatic rings. The molecule has 246 valence electrons. The van der Waals surface area contributed by atoms with Gasteiger partial charge in [0.2, 0.25) is 0 Å². The van der Waals surface area contributed by atoms with Gasteiger partial charge in [0.15, 0.2) is 0 Å². The zero-order valence-corrected chi connectivity index (χ0v) is 29.1. The molecule has 1 saturated carbocycles. The highest BCUT2D eigenvalue weighted by molar-refractivity contribution is 7.18. The van der Waals surface area contributed by atoms with E-state index in [-0.39, 0.29) is 5.91 Å². The third kappa shape index (κ3) is 6.89. The summed E-state index contributed by atoms with van der Waals surface area (Å²) < 4.78 is 6.81. The largest absolute Gasteiger partial charge is 0.383 e. The Hall–Kier alpha value is -3.92. The Morgan fingerprint density at radius 2 is 1.68 bits per heavy atom. The molecule has 8 nitrogen and oxygen atoms in total. The van der Waals surface area contributed by atoms with E-state index in [1.54, 1.807) is 17.5 Å². The molecule has 1 amide bonds. The minimum atomic E-state index is -0.0881. The molecule has 1 aliphatic carbocycles. The van der Waals surface area contributed by atoms with E-state index in [2.05, 4.69) is 46.2 Å². The number of nitrogens with zero attached hydrogens (tertiary/aromatic N) is 5. The standard InChI is InChI=1S/C34H34N6O2S.2C2H6/c1-39-12-10-22(11-13-39)33-38-30-15-24(6-9-31(30)43-33)40(34(41)23-5-8-28(36-16-23)21-3-4-21)17-20-2-7-25-26-18-42-19-27(26)32(35)37-29(25)14-20;2*1-2/h2,5-9,14-16,21-22H,3-4,10-13,17-19H2,1H3,(H2,35,37);2*1-2H3. The SMILES string of the molecule is CC.CC.CN1CCC(c2nc3cc(N(Cc4ccc5c6c(c(N)nc5c4)COC6)C(=O)c4ccc(C5CC5)nc4)ccc3s2)CC1. The van der Waals surface area contributed by atoms with Crippen LogP contribution < -0.4 is 10.6 Å². The first-order valence-corrected chi connectivity index (χ1v) is 18.0. The first-order valence-electron chi connectivity index (χ1n) is 17.1. The number of anilines is 2. The lowest BCUT2D eigenvalue weighted by Crippen LogP contribution is -2.30. The number of nitrogens with two attached hydrogens (primary N) is 1. The third-order valence-electron chi connectivity index (χ3n) is 9.18. The van der Waals surface area contributed by atoms with Gasteiger partial charge in [0.05, 0.1) is 46.1 Å². The molecule has 9 heteroatoms. The first-order chi connectivity index (χ1) is 23.0. The Morgan fingerprint density at radius 1 is 0.915 bits per heavy atom. The second-order valence-electron chi connectivity index (χ2n) is 12.2. The minimum absolute atomic E-state index is 0.0881. The number of likely N-dealkylation sites (tertiary alicyclic amines) is 1. The molecule has 0 bridgehead atoms. The Bertz CT molecular complexity index is 1860. The van der Waals surface area contributed by atoms with E-state index in [0.717, 1.165) is 75.1 Å². The number of carbonyl (C=O) groups is 1. The van der Waals surface area contributed by atoms with Gasteiger partial charge in [0.1, 0.15) is 5.82 Å². The predicted octanol–water partition coefficient (Wildman–Crippen LogP) is 8.44. The van der Waals surface area contributed by atoms with Crippen molar-refractivity contribution in [3.05, 3.63) is 87.7 Å². The lowest BCUT2D eigenvalue weighted by atomic mass is 9.98. The Kier molecular flexibility index (Phi) is 10.2. The van der Waals surface area contributed by atoms with Crippen molar-refractivity contribution in [3.63, 3.8) is 0 Å². The molecule has 2 aliphatic heterocycles. The molecule has 0 atom stereocenters. The van der Waals surface area contributed by atoms with Crippen molar-refractivity contribution in [1.82, 2.24) is 19.9 Å². The Labute approximate surface area is 282 Å². The molecule has 1 saturated heterocycles. The van der Waals surface area contributed by atoms with Crippen LogP contribution in [0.15, 0.2) is 54.7 Å². The highest BCUT2D eigenvalue weighted by atomic mass is 32.1. The van der Waals surface area contributed by atoms with E-state index in [0.29, 0.717) is 43.0 Å². The molecule has 0 unspecified atom stereocenters. The maximum Gasteiger partial charge on any atom is 0.260 e. The molecule has 2 fully saturated rings. The summed E-state index contributed by atoms with van der Waals surface area (Å²) in [6, 6.07) is 16.3. The van der Waals surface area contributed by atoms with E-state index in [4.69, 9.17) is 15.5 Å². The maximum absolute atomic E-state index is 14.1. The number of rotatable bonds is 6. The van der Waals surface area contributed by atoms with Gasteiger partial charge in [0.25, 0.3) is 5.91 Å². The first kappa shape index (κ1) is 33.0. The summed E-state index contributed by atoms with van der Waals surface area (Å²) in [7, 11) is 2.18. The number of carbonyl (C=O) groups excluding carboxylic acids is 1. The van der Waals surface area contributed by atoms with Gasteiger partial charge in [-0.3, -0.25) is 9.78 Å². The summed E-state index contributed by atoms with van der Waals surface area (Å²) in [6.07, 6.45) is 6.35. The minimum Gasteiger partial charge on any atom is -0.383 e. The Morgan fingerprint density at radius 3 is 2.40 bits per heavy atom. The number of benzene rings is 2. The van der Waals surface area contributed by atoms with Gasteiger partial charge in [-0.1, -0.05) is 39.8 Å². The van der Waals surface area contributed by atoms with Crippen LogP contribution in [0.5, 0.6) is 0 Å². The maximum atomic E-state index is 14.1. The van der Waals surface area contributed by atoms with Gasteiger partial charge in [-0.15, -0.1) is 11.3 Å². The molecular formula is C38H46N6O2S. The fraction of sp³-hybridized carbons (Fsp3) is 0.421. The molecule has 0 spiro atoms. The van der Waals surface area contributed by atoms with Crippen LogP contribution in [0.3, 0.4) is 0 Å². The van der Waals surface area contributed by atoms with Crippen molar-refractivity contribution >= 4 is 49.9 Å². The van der Waals surface area contributed by atoms with Crippen molar-refractivity contribution in [3.8, 4) is 0 Å². The second-order valence-corrected chi connectivity index (χ2v) is 13.3. The number of ether oxygens (including phenoxy) is 1. The van der Waals surface area contributed by atoms with E-state index in [1.165, 1.54) is 17.8 Å². The summed E-state index contributed by atoms with van der Waals surface area (Å²) >= 11 is 1.78. The molecule has 2 aromatic carbocycles. The van der Waals surface area contributed by atoms with E-state index in [9.17, 15) is 4.79 Å². The summed E-state index contributed by atoms with van der Waals surface area (Å²) in [4.78, 5) is 32.8. The van der Waals surface area contributed by atoms with Crippen molar-refractivity contribution in [2.45, 2.75) is 85.0 Å².